The van der Waals surface area contributed by atoms with Gasteiger partial charge in [0.1, 0.15) is 5.76 Å². The average Bonchev–Trinajstić information content (AvgIpc) is 2.67. The Balaban J connectivity index is 2.38. The Labute approximate surface area is 80.0 Å². The lowest BCUT2D eigenvalue weighted by Crippen LogP contribution is -2.38. The maximum atomic E-state index is 11.3. The van der Waals surface area contributed by atoms with E-state index in [9.17, 15) is 9.59 Å². The Morgan fingerprint density at radius 2 is 2.50 bits per heavy atom. The molecule has 0 aromatic carbocycles. The Kier molecular flexibility index (Phi) is 2.09. The quantitative estimate of drug-likeness (QED) is 0.652. The van der Waals surface area contributed by atoms with E-state index in [0.717, 1.165) is 0 Å². The summed E-state index contributed by atoms with van der Waals surface area (Å²) in [6, 6.07) is 0.900. The molecule has 0 saturated carbocycles. The Morgan fingerprint density at radius 1 is 1.71 bits per heavy atom. The Bertz CT molecular complexity index is 382. The van der Waals surface area contributed by atoms with Crippen LogP contribution in [-0.2, 0) is 9.53 Å². The second-order valence-electron chi connectivity index (χ2n) is 2.96. The van der Waals surface area contributed by atoms with Crippen LogP contribution in [0, 0.1) is 0 Å². The fraction of sp³-hybridized carbons (Fsp3) is 0.333. The van der Waals surface area contributed by atoms with Crippen LogP contribution in [0.2, 0.25) is 0 Å². The molecule has 1 aromatic rings. The summed E-state index contributed by atoms with van der Waals surface area (Å²) in [6.45, 7) is 0.131. The van der Waals surface area contributed by atoms with Gasteiger partial charge in [-0.05, 0) is 6.07 Å². The van der Waals surface area contributed by atoms with Gasteiger partial charge in [0.05, 0.1) is 25.5 Å². The van der Waals surface area contributed by atoms with Crippen molar-refractivity contribution >= 4 is 11.8 Å². The maximum absolute atomic E-state index is 11.3. The van der Waals surface area contributed by atoms with E-state index in [-0.39, 0.29) is 12.3 Å². The zero-order valence-electron chi connectivity index (χ0n) is 7.57. The first-order valence-electron chi connectivity index (χ1n) is 4.16. The van der Waals surface area contributed by atoms with Gasteiger partial charge in [-0.25, -0.2) is 4.79 Å². The van der Waals surface area contributed by atoms with E-state index in [1.807, 2.05) is 0 Å². The lowest BCUT2D eigenvalue weighted by Gasteiger charge is -2.19. The second kappa shape index (κ2) is 3.26. The fourth-order valence-electron chi connectivity index (χ4n) is 1.47. The van der Waals surface area contributed by atoms with E-state index in [4.69, 9.17) is 4.42 Å². The summed E-state index contributed by atoms with van der Waals surface area (Å²) in [7, 11) is 1.29. The number of ether oxygens (including phenoxy) is 1. The summed E-state index contributed by atoms with van der Waals surface area (Å²) >= 11 is 0. The van der Waals surface area contributed by atoms with Crippen LogP contribution < -0.4 is 5.32 Å². The first-order chi connectivity index (χ1) is 6.74. The zero-order chi connectivity index (χ0) is 10.1. The van der Waals surface area contributed by atoms with E-state index >= 15 is 0 Å². The lowest BCUT2D eigenvalue weighted by atomic mass is 10.0. The van der Waals surface area contributed by atoms with Crippen LogP contribution in [0.25, 0.3) is 0 Å². The normalized spacial score (nSPS) is 20.4. The highest BCUT2D eigenvalue weighted by atomic mass is 16.5. The van der Waals surface area contributed by atoms with Gasteiger partial charge >= 0.3 is 5.97 Å². The molecule has 74 valence electrons. The number of furan rings is 1. The third kappa shape index (κ3) is 1.22. The fourth-order valence-corrected chi connectivity index (χ4v) is 1.47. The molecule has 1 aromatic heterocycles. The number of nitrogens with one attached hydrogen (secondary N) is 1. The predicted molar refractivity (Wildman–Crippen MR) is 45.8 cm³/mol. The molecular formula is C9H9NO4. The van der Waals surface area contributed by atoms with Crippen LogP contribution in [0.5, 0.6) is 0 Å². The SMILES string of the molecule is COC(=O)C1NCC(=O)c2ccoc21. The van der Waals surface area contributed by atoms with Gasteiger partial charge in [0.15, 0.2) is 11.8 Å². The molecule has 0 bridgehead atoms. The average molecular weight is 195 g/mol. The molecule has 0 spiro atoms. The number of hydrogen-bond donors (Lipinski definition) is 1. The van der Waals surface area contributed by atoms with Crippen LogP contribution >= 0.6 is 0 Å². The molecule has 0 fully saturated rings. The molecule has 1 unspecified atom stereocenters. The van der Waals surface area contributed by atoms with Crippen molar-refractivity contribution in [2.24, 2.45) is 0 Å². The van der Waals surface area contributed by atoms with Crippen molar-refractivity contribution in [3.63, 3.8) is 0 Å². The van der Waals surface area contributed by atoms with E-state index in [1.165, 1.54) is 13.4 Å². The topological polar surface area (TPSA) is 68.5 Å². The molecular weight excluding hydrogens is 186 g/mol. The number of esters is 1. The Morgan fingerprint density at radius 3 is 3.21 bits per heavy atom. The molecule has 0 aliphatic carbocycles. The van der Waals surface area contributed by atoms with Crippen molar-refractivity contribution in [3.8, 4) is 0 Å². The van der Waals surface area contributed by atoms with Gasteiger partial charge < -0.3 is 9.15 Å². The van der Waals surface area contributed by atoms with Gasteiger partial charge in [-0.15, -0.1) is 0 Å². The molecule has 0 saturated heterocycles. The van der Waals surface area contributed by atoms with Crippen molar-refractivity contribution in [1.29, 1.82) is 0 Å². The molecule has 1 aliphatic rings. The highest BCUT2D eigenvalue weighted by Gasteiger charge is 2.33. The van der Waals surface area contributed by atoms with Gasteiger partial charge in [-0.1, -0.05) is 0 Å². The first-order valence-corrected chi connectivity index (χ1v) is 4.16. The largest absolute Gasteiger partial charge is 0.468 e. The van der Waals surface area contributed by atoms with Gasteiger partial charge in [0.2, 0.25) is 0 Å². The molecule has 1 aliphatic heterocycles. The highest BCUT2D eigenvalue weighted by molar-refractivity contribution is 6.01. The van der Waals surface area contributed by atoms with Gasteiger partial charge in [-0.3, -0.25) is 10.1 Å². The molecule has 2 heterocycles. The second-order valence-corrected chi connectivity index (χ2v) is 2.96. The number of carbonyl (C=O) groups excluding carboxylic acids is 2. The molecule has 1 atom stereocenters. The summed E-state index contributed by atoms with van der Waals surface area (Å²) in [5.74, 6) is -0.185. The molecule has 14 heavy (non-hydrogen) atoms. The van der Waals surface area contributed by atoms with Crippen LogP contribution in [0.4, 0.5) is 0 Å². The number of fused-ring (bicyclic) bond motifs is 1. The number of carbonyl (C=O) groups is 2. The smallest absolute Gasteiger partial charge is 0.330 e. The minimum Gasteiger partial charge on any atom is -0.468 e. The molecule has 5 heteroatoms. The Hall–Kier alpha value is -1.62. The van der Waals surface area contributed by atoms with E-state index in [1.54, 1.807) is 6.07 Å². The third-order valence-electron chi connectivity index (χ3n) is 2.16. The number of hydrogen-bond acceptors (Lipinski definition) is 5. The number of methoxy groups -OCH3 is 1. The number of Topliss-reactive ketones (excluding diaryl/α,β-unsaturated/α-hetero) is 1. The summed E-state index contributed by atoms with van der Waals surface area (Å²) in [4.78, 5) is 22.6. The highest BCUT2D eigenvalue weighted by Crippen LogP contribution is 2.24. The van der Waals surface area contributed by atoms with Crippen molar-refractivity contribution in [2.45, 2.75) is 6.04 Å². The number of rotatable bonds is 1. The third-order valence-corrected chi connectivity index (χ3v) is 2.16. The summed E-state index contributed by atoms with van der Waals surface area (Å²) < 4.78 is 9.66. The maximum Gasteiger partial charge on any atom is 0.330 e. The first kappa shape index (κ1) is 8.96. The molecule has 1 N–H and O–H groups in total. The van der Waals surface area contributed by atoms with Gasteiger partial charge in [-0.2, -0.15) is 0 Å². The van der Waals surface area contributed by atoms with Crippen molar-refractivity contribution in [1.82, 2.24) is 5.32 Å². The number of ketones is 1. The zero-order valence-corrected chi connectivity index (χ0v) is 7.57. The van der Waals surface area contributed by atoms with E-state index in [2.05, 4.69) is 10.1 Å². The molecule has 0 radical (unpaired) electrons. The summed E-state index contributed by atoms with van der Waals surface area (Å²) in [6.07, 6.45) is 1.39. The van der Waals surface area contributed by atoms with Crippen LogP contribution in [-0.4, -0.2) is 25.4 Å². The minimum absolute atomic E-state index is 0.0751. The molecule has 0 amide bonds. The van der Waals surface area contributed by atoms with Crippen molar-refractivity contribution < 1.29 is 18.7 Å². The summed E-state index contributed by atoms with van der Waals surface area (Å²) in [5.41, 5.74) is 0.458. The van der Waals surface area contributed by atoms with E-state index in [0.29, 0.717) is 11.3 Å². The van der Waals surface area contributed by atoms with Crippen LogP contribution in [0.3, 0.4) is 0 Å². The van der Waals surface area contributed by atoms with Crippen LogP contribution in [0.1, 0.15) is 22.2 Å². The van der Waals surface area contributed by atoms with Crippen molar-refractivity contribution in [2.75, 3.05) is 13.7 Å². The lowest BCUT2D eigenvalue weighted by molar-refractivity contribution is -0.143. The molecule has 5 nitrogen and oxygen atoms in total. The van der Waals surface area contributed by atoms with Crippen LogP contribution in [0.15, 0.2) is 16.7 Å². The monoisotopic (exact) mass is 195 g/mol. The van der Waals surface area contributed by atoms with Gasteiger partial charge in [0, 0.05) is 0 Å². The van der Waals surface area contributed by atoms with E-state index < -0.39 is 12.0 Å². The predicted octanol–water partition coefficient (Wildman–Crippen LogP) is 0.280. The molecule has 2 rings (SSSR count). The summed E-state index contributed by atoms with van der Waals surface area (Å²) in [5, 5.41) is 2.74. The van der Waals surface area contributed by atoms with Crippen molar-refractivity contribution in [3.05, 3.63) is 23.7 Å². The minimum atomic E-state index is -0.664. The standard InChI is InChI=1S/C9H9NO4/c1-13-9(12)7-8-5(2-3-14-8)6(11)4-10-7/h2-3,7,10H,4H2,1H3. The van der Waals surface area contributed by atoms with Gasteiger partial charge in [0.25, 0.3) is 0 Å².